The summed E-state index contributed by atoms with van der Waals surface area (Å²) in [5.74, 6) is 0. The van der Waals surface area contributed by atoms with Crippen molar-refractivity contribution >= 4 is 6.29 Å². The quantitative estimate of drug-likeness (QED) is 0.0653. The van der Waals surface area contributed by atoms with Crippen molar-refractivity contribution in [2.45, 2.75) is 117 Å². The summed E-state index contributed by atoms with van der Waals surface area (Å²) >= 11 is 0. The molecule has 2 saturated heterocycles. The van der Waals surface area contributed by atoms with Crippen LogP contribution in [0.5, 0.6) is 0 Å². The second-order valence-corrected chi connectivity index (χ2v) is 11.0. The van der Waals surface area contributed by atoms with Crippen LogP contribution < -0.4 is 5.32 Å². The molecule has 0 aromatic heterocycles. The van der Waals surface area contributed by atoms with Gasteiger partial charge in [-0.1, -0.05) is 6.08 Å². The first-order chi connectivity index (χ1) is 20.7. The fourth-order valence-electron chi connectivity index (χ4n) is 5.36. The van der Waals surface area contributed by atoms with Crippen LogP contribution in [0.1, 0.15) is 6.92 Å². The van der Waals surface area contributed by atoms with Gasteiger partial charge in [0.2, 0.25) is 0 Å². The lowest BCUT2D eigenvalue weighted by Gasteiger charge is -2.48. The molecule has 1 aliphatic carbocycles. The van der Waals surface area contributed by atoms with Crippen molar-refractivity contribution in [3.8, 4) is 0 Å². The topological polar surface area (TPSA) is 329 Å². The zero-order chi connectivity index (χ0) is 33.0. The Morgan fingerprint density at radius 3 is 2.09 bits per heavy atom. The number of aldehydes is 1. The first-order valence-corrected chi connectivity index (χ1v) is 13.9. The predicted molar refractivity (Wildman–Crippen MR) is 139 cm³/mol. The maximum atomic E-state index is 10.9. The third kappa shape index (κ3) is 7.79. The van der Waals surface area contributed by atoms with Crippen molar-refractivity contribution in [2.75, 3.05) is 19.8 Å². The second-order valence-electron chi connectivity index (χ2n) is 11.0. The Kier molecular flexibility index (Phi) is 13.5. The van der Waals surface area contributed by atoms with Gasteiger partial charge in [0.25, 0.3) is 0 Å². The van der Waals surface area contributed by atoms with Gasteiger partial charge < -0.3 is 95.4 Å². The summed E-state index contributed by atoms with van der Waals surface area (Å²) in [7, 11) is 0. The fraction of sp³-hybridized carbons (Fsp3) is 0.880. The zero-order valence-corrected chi connectivity index (χ0v) is 23.5. The first-order valence-electron chi connectivity index (χ1n) is 13.9. The summed E-state index contributed by atoms with van der Waals surface area (Å²) in [6.07, 6.45) is -26.8. The molecule has 19 heteroatoms. The summed E-state index contributed by atoms with van der Waals surface area (Å²) in [4.78, 5) is 10.9. The van der Waals surface area contributed by atoms with Crippen LogP contribution in [0.25, 0.3) is 0 Å². The SMILES string of the molecule is C[C@@H]1O[C@H](O[C@H]2[C@@H](O)[C@@H](O)[C@@H](O[C@@H]([C@H](O)[C@H](O)C=O)[C@H](O)CO)O[C@H]2CO)[C@H](O)[C@H](O)[C@@H]1N[C@@H]1C=C(CO)[C@H](O)[C@@H](O)[C@@H]1O. The summed E-state index contributed by atoms with van der Waals surface area (Å²) in [6.45, 7) is -1.08. The molecule has 2 heterocycles. The monoisotopic (exact) mass is 645 g/mol. The highest BCUT2D eigenvalue weighted by atomic mass is 16.7. The van der Waals surface area contributed by atoms with Gasteiger partial charge >= 0.3 is 0 Å². The van der Waals surface area contributed by atoms with Crippen molar-refractivity contribution in [1.29, 1.82) is 0 Å². The minimum Gasteiger partial charge on any atom is -0.394 e. The van der Waals surface area contributed by atoms with Crippen LogP contribution >= 0.6 is 0 Å². The lowest BCUT2D eigenvalue weighted by Crippen LogP contribution is -2.68. The molecule has 3 rings (SSSR count). The molecule has 256 valence electrons. The van der Waals surface area contributed by atoms with E-state index in [2.05, 4.69) is 5.32 Å². The predicted octanol–water partition coefficient (Wildman–Crippen LogP) is -8.72. The lowest BCUT2D eigenvalue weighted by molar-refractivity contribution is -0.361. The number of carbonyl (C=O) groups is 1. The average molecular weight is 646 g/mol. The van der Waals surface area contributed by atoms with Gasteiger partial charge in [0, 0.05) is 0 Å². The third-order valence-corrected chi connectivity index (χ3v) is 8.03. The Morgan fingerprint density at radius 2 is 1.52 bits per heavy atom. The third-order valence-electron chi connectivity index (χ3n) is 8.03. The number of nitrogens with one attached hydrogen (secondary N) is 1. The number of hydrogen-bond acceptors (Lipinski definition) is 19. The minimum absolute atomic E-state index is 0.00900. The number of rotatable bonds is 13. The van der Waals surface area contributed by atoms with Gasteiger partial charge in [0.1, 0.15) is 79.4 Å². The molecular formula is C25H43NO18. The number of carbonyl (C=O) groups excluding carboxylic acids is 1. The molecule has 0 unspecified atom stereocenters. The molecule has 0 saturated carbocycles. The van der Waals surface area contributed by atoms with Crippen molar-refractivity contribution in [1.82, 2.24) is 5.32 Å². The number of aliphatic hydroxyl groups excluding tert-OH is 13. The van der Waals surface area contributed by atoms with Crippen molar-refractivity contribution in [2.24, 2.45) is 0 Å². The van der Waals surface area contributed by atoms with Crippen LogP contribution in [0.4, 0.5) is 0 Å². The highest BCUT2D eigenvalue weighted by molar-refractivity contribution is 5.56. The van der Waals surface area contributed by atoms with Crippen LogP contribution in [0, 0.1) is 0 Å². The standard InChI is InChI=1S/C25H43NO18/c1-7-13(26-9-2-8(3-27)14(33)18(37)15(9)34)17(36)20(39)24(41-7)44-23-12(6-30)42-25(21(40)19(23)38)43-22(11(32)5-29)16(35)10(31)4-28/h2,4,7,9-27,29-40H,3,5-6H2,1H3/t7-,9+,10+,11+,12-,13+,14-,15+,16+,17+,18+,19-,20+,21+,22+,23+,24+,25+/m0/s1. The molecule has 0 spiro atoms. The summed E-state index contributed by atoms with van der Waals surface area (Å²) in [6, 6.07) is -2.21. The smallest absolute Gasteiger partial charge is 0.187 e. The molecule has 44 heavy (non-hydrogen) atoms. The Labute approximate surface area is 250 Å². The van der Waals surface area contributed by atoms with Gasteiger partial charge in [-0.3, -0.25) is 0 Å². The van der Waals surface area contributed by atoms with E-state index in [0.717, 1.165) is 0 Å². The number of hydrogen-bond donors (Lipinski definition) is 14. The molecule has 0 aromatic rings. The molecule has 3 aliphatic rings. The van der Waals surface area contributed by atoms with Gasteiger partial charge in [-0.15, -0.1) is 0 Å². The van der Waals surface area contributed by atoms with Gasteiger partial charge in [-0.2, -0.15) is 0 Å². The van der Waals surface area contributed by atoms with Crippen molar-refractivity contribution in [3.63, 3.8) is 0 Å². The number of ether oxygens (including phenoxy) is 4. The molecule has 0 bridgehead atoms. The molecule has 0 aromatic carbocycles. The zero-order valence-electron chi connectivity index (χ0n) is 23.5. The Hall–Kier alpha value is -1.31. The normalized spacial score (nSPS) is 44.4. The molecule has 14 N–H and O–H groups in total. The van der Waals surface area contributed by atoms with E-state index in [0.29, 0.717) is 0 Å². The van der Waals surface area contributed by atoms with Crippen LogP contribution in [-0.2, 0) is 23.7 Å². The van der Waals surface area contributed by atoms with Gasteiger partial charge in [0.05, 0.1) is 38.0 Å². The molecule has 0 amide bonds. The Morgan fingerprint density at radius 1 is 0.886 bits per heavy atom. The highest BCUT2D eigenvalue weighted by Gasteiger charge is 2.52. The lowest BCUT2D eigenvalue weighted by atomic mass is 9.86. The van der Waals surface area contributed by atoms with Gasteiger partial charge in [0.15, 0.2) is 18.9 Å². The molecule has 19 nitrogen and oxygen atoms in total. The highest BCUT2D eigenvalue weighted by Crippen LogP contribution is 2.31. The van der Waals surface area contributed by atoms with E-state index in [9.17, 15) is 71.2 Å². The van der Waals surface area contributed by atoms with E-state index in [-0.39, 0.29) is 11.9 Å². The van der Waals surface area contributed by atoms with Crippen molar-refractivity contribution in [3.05, 3.63) is 11.6 Å². The van der Waals surface area contributed by atoms with Gasteiger partial charge in [-0.25, -0.2) is 0 Å². The van der Waals surface area contributed by atoms with Gasteiger partial charge in [-0.05, 0) is 12.5 Å². The summed E-state index contributed by atoms with van der Waals surface area (Å²) in [5, 5.41) is 135. The van der Waals surface area contributed by atoms with Crippen LogP contribution in [-0.4, -0.2) is 203 Å². The largest absolute Gasteiger partial charge is 0.394 e. The van der Waals surface area contributed by atoms with Crippen molar-refractivity contribution < 1.29 is 90.1 Å². The maximum Gasteiger partial charge on any atom is 0.187 e. The summed E-state index contributed by atoms with van der Waals surface area (Å²) in [5.41, 5.74) is 0.00900. The van der Waals surface area contributed by atoms with Crippen LogP contribution in [0.15, 0.2) is 11.6 Å². The summed E-state index contributed by atoms with van der Waals surface area (Å²) < 4.78 is 22.0. The van der Waals surface area contributed by atoms with E-state index in [1.165, 1.54) is 13.0 Å². The van der Waals surface area contributed by atoms with E-state index >= 15 is 0 Å². The van der Waals surface area contributed by atoms with E-state index in [1.54, 1.807) is 0 Å². The maximum absolute atomic E-state index is 10.9. The fourth-order valence-corrected chi connectivity index (χ4v) is 5.36. The second kappa shape index (κ2) is 16.0. The molecule has 0 radical (unpaired) electrons. The first kappa shape index (κ1) is 37.2. The molecular weight excluding hydrogens is 602 g/mol. The molecule has 18 atom stereocenters. The number of aliphatic hydroxyl groups is 13. The van der Waals surface area contributed by atoms with Crippen LogP contribution in [0.3, 0.4) is 0 Å². The average Bonchev–Trinajstić information content (AvgIpc) is 3.02. The Bertz CT molecular complexity index is 943. The van der Waals surface area contributed by atoms with Crippen LogP contribution in [0.2, 0.25) is 0 Å². The van der Waals surface area contributed by atoms with E-state index < -0.39 is 130 Å². The minimum atomic E-state index is -2.10. The van der Waals surface area contributed by atoms with E-state index in [1.807, 2.05) is 0 Å². The molecule has 2 fully saturated rings. The Balaban J connectivity index is 1.71. The van der Waals surface area contributed by atoms with E-state index in [4.69, 9.17) is 18.9 Å². The molecule has 2 aliphatic heterocycles.